The molecule has 34 heavy (non-hydrogen) atoms. The lowest BCUT2D eigenvalue weighted by atomic mass is 10.1. The number of carbonyl (C=O) groups excluding carboxylic acids is 1. The van der Waals surface area contributed by atoms with Crippen molar-refractivity contribution in [2.75, 3.05) is 11.4 Å². The van der Waals surface area contributed by atoms with Crippen molar-refractivity contribution in [2.45, 2.75) is 12.5 Å². The van der Waals surface area contributed by atoms with E-state index in [0.29, 0.717) is 17.1 Å². The molecular weight excluding hydrogens is 481 g/mol. The predicted octanol–water partition coefficient (Wildman–Crippen LogP) is 1.33. The lowest BCUT2D eigenvalue weighted by molar-refractivity contribution is -0.0503. The highest BCUT2D eigenvalue weighted by molar-refractivity contribution is 7.45. The summed E-state index contributed by atoms with van der Waals surface area (Å²) in [7, 11) is -4.64. The average molecular weight is 498 g/mol. The van der Waals surface area contributed by atoms with E-state index in [4.69, 9.17) is 29.1 Å². The fraction of sp³-hybridized carbons (Fsp3) is 0.167. The molecule has 1 aliphatic rings. The number of nitrogens with zero attached hydrogens (tertiary/aromatic N) is 6. The van der Waals surface area contributed by atoms with E-state index in [9.17, 15) is 13.6 Å². The third kappa shape index (κ3) is 6.24. The van der Waals surface area contributed by atoms with Gasteiger partial charge in [0.2, 0.25) is 12.2 Å². The molecule has 4 N–H and O–H groups in total. The van der Waals surface area contributed by atoms with Crippen LogP contribution in [-0.2, 0) is 9.30 Å². The fourth-order valence-electron chi connectivity index (χ4n) is 2.84. The first kappa shape index (κ1) is 25.0. The van der Waals surface area contributed by atoms with Crippen LogP contribution in [0.15, 0.2) is 43.1 Å². The number of hydrogen-bond acceptors (Lipinski definition) is 8. The van der Waals surface area contributed by atoms with E-state index in [-0.39, 0.29) is 17.8 Å². The number of tetrazole rings is 1. The van der Waals surface area contributed by atoms with E-state index >= 15 is 0 Å². The van der Waals surface area contributed by atoms with Crippen LogP contribution in [0.2, 0.25) is 0 Å². The lowest BCUT2D eigenvalue weighted by Crippen LogP contribution is -2.28. The Morgan fingerprint density at radius 3 is 2.47 bits per heavy atom. The smallest absolute Gasteiger partial charge is 0.438 e. The van der Waals surface area contributed by atoms with Gasteiger partial charge in [-0.3, -0.25) is 9.88 Å². The van der Waals surface area contributed by atoms with Gasteiger partial charge in [-0.2, -0.15) is 0 Å². The largest absolute Gasteiger partial charge is 0.466 e. The SMILES string of the molecule is C=Cn1nnc(-c2ccc(-c3ccc(N4CC(C(O)F)OC4=O)cc3F)cn2)n1.O=P(O)(O)O. The van der Waals surface area contributed by atoms with Crippen molar-refractivity contribution in [1.29, 1.82) is 0 Å². The van der Waals surface area contributed by atoms with Crippen molar-refractivity contribution in [2.24, 2.45) is 0 Å². The van der Waals surface area contributed by atoms with Crippen molar-refractivity contribution >= 4 is 25.8 Å². The van der Waals surface area contributed by atoms with E-state index in [0.717, 1.165) is 11.0 Å². The molecule has 1 amide bonds. The highest BCUT2D eigenvalue weighted by Gasteiger charge is 2.37. The van der Waals surface area contributed by atoms with Crippen LogP contribution in [0.3, 0.4) is 0 Å². The van der Waals surface area contributed by atoms with Gasteiger partial charge < -0.3 is 24.5 Å². The van der Waals surface area contributed by atoms with Gasteiger partial charge in [-0.1, -0.05) is 12.6 Å². The fourth-order valence-corrected chi connectivity index (χ4v) is 2.84. The molecule has 0 spiro atoms. The molecule has 1 aliphatic heterocycles. The van der Waals surface area contributed by atoms with Gasteiger partial charge in [0, 0.05) is 23.5 Å². The maximum atomic E-state index is 14.7. The number of ether oxygens (including phenoxy) is 1. The number of phosphoric acid groups is 1. The zero-order valence-corrected chi connectivity index (χ0v) is 17.9. The number of halogens is 2. The minimum Gasteiger partial charge on any atom is -0.438 e. The number of aliphatic hydroxyl groups is 1. The number of amides is 1. The Bertz CT molecular complexity index is 1230. The molecule has 3 heterocycles. The maximum Gasteiger partial charge on any atom is 0.466 e. The van der Waals surface area contributed by atoms with Crippen LogP contribution in [0.1, 0.15) is 0 Å². The Hall–Kier alpha value is -3.62. The molecule has 1 saturated heterocycles. The van der Waals surface area contributed by atoms with Gasteiger partial charge in [0.15, 0.2) is 6.10 Å². The standard InChI is InChI=1S/C18H14F2N6O3.H3O4P/c1-2-26-23-17(22-24-26)14-6-3-10(8-21-14)12-5-4-11(7-13(12)19)25-9-15(16(20)27)29-18(25)28;1-5(2,3)4/h2-8,15-16,27H,1,9H2;(H3,1,2,3,4). The summed E-state index contributed by atoms with van der Waals surface area (Å²) < 4.78 is 41.2. The molecule has 0 aliphatic carbocycles. The third-order valence-electron chi connectivity index (χ3n) is 4.30. The second kappa shape index (κ2) is 10.1. The summed E-state index contributed by atoms with van der Waals surface area (Å²) in [5, 5.41) is 20.6. The number of pyridine rings is 1. The Morgan fingerprint density at radius 2 is 1.97 bits per heavy atom. The van der Waals surface area contributed by atoms with Crippen molar-refractivity contribution in [1.82, 2.24) is 25.2 Å². The minimum atomic E-state index is -4.64. The number of aromatic nitrogens is 5. The summed E-state index contributed by atoms with van der Waals surface area (Å²) in [4.78, 5) is 39.9. The van der Waals surface area contributed by atoms with E-state index in [2.05, 4.69) is 27.0 Å². The van der Waals surface area contributed by atoms with E-state index in [1.807, 2.05) is 0 Å². The highest BCUT2D eigenvalue weighted by atomic mass is 31.2. The number of alkyl halides is 1. The zero-order chi connectivity index (χ0) is 25.0. The minimum absolute atomic E-state index is 0.189. The van der Waals surface area contributed by atoms with Crippen LogP contribution in [-0.4, -0.2) is 70.1 Å². The Morgan fingerprint density at radius 1 is 1.26 bits per heavy atom. The Labute approximate surface area is 189 Å². The second-order valence-electron chi connectivity index (χ2n) is 6.63. The van der Waals surface area contributed by atoms with E-state index in [1.54, 1.807) is 12.1 Å². The van der Waals surface area contributed by atoms with Gasteiger partial charge in [0.05, 0.1) is 12.2 Å². The monoisotopic (exact) mass is 498 g/mol. The molecule has 2 aromatic heterocycles. The molecule has 3 aromatic rings. The first-order chi connectivity index (χ1) is 16.0. The normalized spacial score (nSPS) is 16.5. The van der Waals surface area contributed by atoms with Crippen LogP contribution in [0.5, 0.6) is 0 Å². The molecule has 1 aromatic carbocycles. The first-order valence-electron chi connectivity index (χ1n) is 9.23. The molecule has 2 atom stereocenters. The molecule has 13 nitrogen and oxygen atoms in total. The molecule has 0 radical (unpaired) electrons. The Balaban J connectivity index is 0.000000588. The molecule has 2 unspecified atom stereocenters. The van der Waals surface area contributed by atoms with Gasteiger partial charge in [-0.25, -0.2) is 18.1 Å². The summed E-state index contributed by atoms with van der Waals surface area (Å²) in [5.74, 6) is -0.311. The zero-order valence-electron chi connectivity index (χ0n) is 17.0. The lowest BCUT2D eigenvalue weighted by Gasteiger charge is -2.14. The van der Waals surface area contributed by atoms with Crippen LogP contribution in [0, 0.1) is 5.82 Å². The summed E-state index contributed by atoms with van der Waals surface area (Å²) in [5.41, 5.74) is 1.39. The number of anilines is 1. The Kier molecular flexibility index (Phi) is 7.44. The van der Waals surface area contributed by atoms with Gasteiger partial charge >= 0.3 is 13.9 Å². The summed E-state index contributed by atoms with van der Waals surface area (Å²) >= 11 is 0. The van der Waals surface area contributed by atoms with Crippen LogP contribution in [0.25, 0.3) is 28.8 Å². The van der Waals surface area contributed by atoms with Crippen molar-refractivity contribution in [3.05, 3.63) is 48.9 Å². The maximum absolute atomic E-state index is 14.7. The molecule has 180 valence electrons. The summed E-state index contributed by atoms with van der Waals surface area (Å²) in [6.07, 6.45) is -1.63. The second-order valence-corrected chi connectivity index (χ2v) is 7.66. The molecule has 16 heteroatoms. The quantitative estimate of drug-likeness (QED) is 0.372. The van der Waals surface area contributed by atoms with E-state index in [1.165, 1.54) is 29.3 Å². The molecular formula is C18H17F2N6O7P. The van der Waals surface area contributed by atoms with Gasteiger partial charge in [-0.05, 0) is 29.5 Å². The molecule has 1 fully saturated rings. The number of hydrogen-bond donors (Lipinski definition) is 4. The molecule has 4 rings (SSSR count). The number of rotatable bonds is 5. The number of aliphatic hydroxyl groups excluding tert-OH is 1. The van der Waals surface area contributed by atoms with Crippen molar-refractivity contribution in [3.8, 4) is 22.6 Å². The summed E-state index contributed by atoms with van der Waals surface area (Å²) in [6, 6.07) is 7.37. The highest BCUT2D eigenvalue weighted by Crippen LogP contribution is 2.30. The molecule has 0 bridgehead atoms. The van der Waals surface area contributed by atoms with Gasteiger partial charge in [-0.15, -0.1) is 15.0 Å². The molecule has 0 saturated carbocycles. The number of benzene rings is 1. The van der Waals surface area contributed by atoms with Crippen molar-refractivity contribution < 1.29 is 42.7 Å². The summed E-state index contributed by atoms with van der Waals surface area (Å²) in [6.45, 7) is 3.31. The van der Waals surface area contributed by atoms with Crippen LogP contribution in [0.4, 0.5) is 19.3 Å². The van der Waals surface area contributed by atoms with Crippen LogP contribution >= 0.6 is 7.82 Å². The number of cyclic esters (lactones) is 1. The van der Waals surface area contributed by atoms with Crippen LogP contribution < -0.4 is 4.90 Å². The van der Waals surface area contributed by atoms with Gasteiger partial charge in [0.1, 0.15) is 11.5 Å². The average Bonchev–Trinajstić information content (AvgIpc) is 3.39. The first-order valence-corrected chi connectivity index (χ1v) is 10.8. The topological polar surface area (TPSA) is 184 Å². The third-order valence-corrected chi connectivity index (χ3v) is 4.30. The van der Waals surface area contributed by atoms with Crippen molar-refractivity contribution in [3.63, 3.8) is 0 Å². The predicted molar refractivity (Wildman–Crippen MR) is 112 cm³/mol. The van der Waals surface area contributed by atoms with Gasteiger partial charge in [0.25, 0.3) is 0 Å². The number of carbonyl (C=O) groups is 1. The van der Waals surface area contributed by atoms with E-state index < -0.39 is 32.2 Å².